The highest BCUT2D eigenvalue weighted by molar-refractivity contribution is 7.87. The molecule has 7 N–H and O–H groups in total. The molecule has 3 aromatic heterocycles. The summed E-state index contributed by atoms with van der Waals surface area (Å²) >= 11 is 0. The summed E-state index contributed by atoms with van der Waals surface area (Å²) in [7, 11) is -4.01. The van der Waals surface area contributed by atoms with E-state index in [-0.39, 0.29) is 12.4 Å². The number of nitrogens with one attached hydrogen (secondary N) is 1. The molecule has 1 fully saturated rings. The smallest absolute Gasteiger partial charge is 0.274 e. The van der Waals surface area contributed by atoms with Crippen molar-refractivity contribution in [1.29, 1.82) is 0 Å². The molecule has 0 unspecified atom stereocenters. The highest BCUT2D eigenvalue weighted by Crippen LogP contribution is 2.34. The zero-order chi connectivity index (χ0) is 24.7. The molecule has 12 nitrogen and oxygen atoms in total. The number of hydrogen-bond acceptors (Lipinski definition) is 9. The van der Waals surface area contributed by atoms with Crippen molar-refractivity contribution in [1.82, 2.24) is 24.2 Å². The Morgan fingerprint density at radius 1 is 1.09 bits per heavy atom. The van der Waals surface area contributed by atoms with E-state index in [1.165, 1.54) is 10.9 Å². The van der Waals surface area contributed by atoms with Gasteiger partial charge in [-0.1, -0.05) is 30.0 Å². The maximum atomic E-state index is 11.2. The number of pyridine rings is 1. The Balaban J connectivity index is 1.55. The Bertz CT molecular complexity index is 1590. The normalized spacial score (nSPS) is 22.4. The van der Waals surface area contributed by atoms with Crippen molar-refractivity contribution in [2.24, 2.45) is 5.14 Å². The van der Waals surface area contributed by atoms with Crippen LogP contribution in [0.1, 0.15) is 17.4 Å². The number of nitrogens with zero attached hydrogens (tertiary/aromatic N) is 4. The molecule has 1 aliphatic heterocycles. The van der Waals surface area contributed by atoms with Crippen molar-refractivity contribution in [3.8, 4) is 11.8 Å². The average Bonchev–Trinajstić information content (AvgIpc) is 3.34. The molecule has 4 atom stereocenters. The third kappa shape index (κ3) is 4.42. The van der Waals surface area contributed by atoms with Gasteiger partial charge >= 0.3 is 0 Å². The summed E-state index contributed by atoms with van der Waals surface area (Å²) in [5.74, 6) is 6.41. The largest absolute Gasteiger partial charge is 0.387 e. The van der Waals surface area contributed by atoms with Gasteiger partial charge in [-0.25, -0.2) is 15.1 Å². The minimum atomic E-state index is -4.01. The standard InChI is InChI=1S/C22H21N7O5S/c23-20-17-13(6-5-12-7-8-25-15-4-2-1-3-14(12)15)10-29(21(17)27-11-26-20)22-19(31)18(30)16(34-22)9-28-35(24,32)33/h1-4,7-8,10-11,16,18-19,22,28,30-31H,9H2,(H2,23,26,27)(H2,24,32,33)/t16-,18-,19-,22-/m1/s1. The fourth-order valence-electron chi connectivity index (χ4n) is 4.06. The first-order valence-electron chi connectivity index (χ1n) is 10.5. The summed E-state index contributed by atoms with van der Waals surface area (Å²) in [6.45, 7) is -0.328. The summed E-state index contributed by atoms with van der Waals surface area (Å²) in [6.07, 6.45) is -0.383. The first kappa shape index (κ1) is 23.1. The number of para-hydroxylation sites is 1. The van der Waals surface area contributed by atoms with E-state index >= 15 is 0 Å². The van der Waals surface area contributed by atoms with Crippen LogP contribution in [0.2, 0.25) is 0 Å². The summed E-state index contributed by atoms with van der Waals surface area (Å²) in [5.41, 5.74) is 8.50. The highest BCUT2D eigenvalue weighted by atomic mass is 32.2. The van der Waals surface area contributed by atoms with Gasteiger partial charge < -0.3 is 25.3 Å². The molecule has 0 spiro atoms. The fraction of sp³-hybridized carbons (Fsp3) is 0.227. The lowest BCUT2D eigenvalue weighted by atomic mass is 10.1. The van der Waals surface area contributed by atoms with E-state index in [2.05, 4.69) is 31.5 Å². The Morgan fingerprint density at radius 3 is 2.66 bits per heavy atom. The van der Waals surface area contributed by atoms with E-state index in [1.807, 2.05) is 24.3 Å². The summed E-state index contributed by atoms with van der Waals surface area (Å²) < 4.78 is 31.8. The molecule has 180 valence electrons. The maximum absolute atomic E-state index is 11.2. The number of aromatic nitrogens is 4. The van der Waals surface area contributed by atoms with Crippen molar-refractivity contribution < 1.29 is 23.4 Å². The molecule has 1 aliphatic rings. The number of hydrogen-bond donors (Lipinski definition) is 5. The van der Waals surface area contributed by atoms with Crippen LogP contribution in [0.4, 0.5) is 5.82 Å². The number of nitrogen functional groups attached to an aromatic ring is 1. The SMILES string of the molecule is Nc1ncnc2c1c(C#Cc1ccnc3ccccc13)cn2[C@@H]1O[C@H](CNS(N)(=O)=O)[C@@H](O)[C@H]1O. The van der Waals surface area contributed by atoms with Gasteiger partial charge in [0.15, 0.2) is 6.23 Å². The predicted molar refractivity (Wildman–Crippen MR) is 127 cm³/mol. The minimum Gasteiger partial charge on any atom is -0.387 e. The number of fused-ring (bicyclic) bond motifs is 2. The second-order valence-electron chi connectivity index (χ2n) is 7.97. The summed E-state index contributed by atoms with van der Waals surface area (Å²) in [5, 5.41) is 27.4. The number of anilines is 1. The molecular formula is C22H21N7O5S. The monoisotopic (exact) mass is 495 g/mol. The van der Waals surface area contributed by atoms with Gasteiger partial charge in [0, 0.05) is 29.9 Å². The van der Waals surface area contributed by atoms with Gasteiger partial charge in [-0.3, -0.25) is 4.98 Å². The lowest BCUT2D eigenvalue weighted by Gasteiger charge is -2.17. The van der Waals surface area contributed by atoms with Crippen molar-refractivity contribution in [2.75, 3.05) is 12.3 Å². The second-order valence-corrected chi connectivity index (χ2v) is 9.35. The van der Waals surface area contributed by atoms with Crippen LogP contribution < -0.4 is 15.6 Å². The van der Waals surface area contributed by atoms with Crippen molar-refractivity contribution in [3.05, 3.63) is 60.2 Å². The molecule has 4 heterocycles. The quantitative estimate of drug-likeness (QED) is 0.229. The molecule has 0 radical (unpaired) electrons. The van der Waals surface area contributed by atoms with Crippen LogP contribution in [0.15, 0.2) is 49.1 Å². The number of ether oxygens (including phenoxy) is 1. The van der Waals surface area contributed by atoms with Gasteiger partial charge in [0.05, 0.1) is 16.5 Å². The molecular weight excluding hydrogens is 474 g/mol. The average molecular weight is 496 g/mol. The van der Waals surface area contributed by atoms with Gasteiger partial charge in [0.25, 0.3) is 10.2 Å². The lowest BCUT2D eigenvalue weighted by Crippen LogP contribution is -2.42. The van der Waals surface area contributed by atoms with Gasteiger partial charge in [0.1, 0.15) is 36.1 Å². The van der Waals surface area contributed by atoms with Crippen molar-refractivity contribution >= 4 is 38.0 Å². The van der Waals surface area contributed by atoms with E-state index in [1.54, 1.807) is 18.5 Å². The molecule has 5 rings (SSSR count). The summed E-state index contributed by atoms with van der Waals surface area (Å²) in [4.78, 5) is 12.7. The van der Waals surface area contributed by atoms with E-state index in [9.17, 15) is 18.6 Å². The van der Waals surface area contributed by atoms with Crippen molar-refractivity contribution in [3.63, 3.8) is 0 Å². The number of rotatable bonds is 4. The van der Waals surface area contributed by atoms with Gasteiger partial charge in [-0.05, 0) is 12.1 Å². The van der Waals surface area contributed by atoms with E-state index < -0.39 is 34.7 Å². The molecule has 4 aromatic rings. The van der Waals surface area contributed by atoms with Gasteiger partial charge in [-0.2, -0.15) is 13.1 Å². The summed E-state index contributed by atoms with van der Waals surface area (Å²) in [6, 6.07) is 9.41. The Kier molecular flexibility index (Phi) is 5.85. The molecule has 13 heteroatoms. The fourth-order valence-corrected chi connectivity index (χ4v) is 4.46. The Morgan fingerprint density at radius 2 is 1.86 bits per heavy atom. The number of nitrogens with two attached hydrogens (primary N) is 2. The van der Waals surface area contributed by atoms with Crippen LogP contribution in [-0.4, -0.2) is 63.0 Å². The molecule has 35 heavy (non-hydrogen) atoms. The van der Waals surface area contributed by atoms with E-state index in [0.29, 0.717) is 16.6 Å². The Hall–Kier alpha value is -3.64. The lowest BCUT2D eigenvalue weighted by molar-refractivity contribution is -0.0327. The number of benzene rings is 1. The van der Waals surface area contributed by atoms with Crippen LogP contribution in [0, 0.1) is 11.8 Å². The van der Waals surface area contributed by atoms with Crippen LogP contribution in [-0.2, 0) is 14.9 Å². The van der Waals surface area contributed by atoms with Crippen LogP contribution in [0.25, 0.3) is 21.9 Å². The van der Waals surface area contributed by atoms with Crippen LogP contribution >= 0.6 is 0 Å². The third-order valence-electron chi connectivity index (χ3n) is 5.72. The minimum absolute atomic E-state index is 0.179. The molecule has 0 amide bonds. The number of aliphatic hydroxyl groups excluding tert-OH is 2. The second kappa shape index (κ2) is 8.86. The Labute approximate surface area is 199 Å². The van der Waals surface area contributed by atoms with Crippen LogP contribution in [0.3, 0.4) is 0 Å². The topological polar surface area (TPSA) is 191 Å². The van der Waals surface area contributed by atoms with Crippen molar-refractivity contribution in [2.45, 2.75) is 24.5 Å². The third-order valence-corrected chi connectivity index (χ3v) is 6.29. The van der Waals surface area contributed by atoms with Gasteiger partial charge in [-0.15, -0.1) is 0 Å². The molecule has 0 saturated carbocycles. The maximum Gasteiger partial charge on any atom is 0.274 e. The first-order valence-corrected chi connectivity index (χ1v) is 12.0. The van der Waals surface area contributed by atoms with Gasteiger partial charge in [0.2, 0.25) is 0 Å². The predicted octanol–water partition coefficient (Wildman–Crippen LogP) is -0.626. The zero-order valence-corrected chi connectivity index (χ0v) is 18.9. The molecule has 1 saturated heterocycles. The molecule has 0 bridgehead atoms. The first-order chi connectivity index (χ1) is 16.7. The zero-order valence-electron chi connectivity index (χ0n) is 18.1. The number of aliphatic hydroxyl groups is 2. The van der Waals surface area contributed by atoms with Crippen LogP contribution in [0.5, 0.6) is 0 Å². The van der Waals surface area contributed by atoms with E-state index in [0.717, 1.165) is 16.5 Å². The van der Waals surface area contributed by atoms with E-state index in [4.69, 9.17) is 15.6 Å². The highest BCUT2D eigenvalue weighted by Gasteiger charge is 2.44. The molecule has 1 aromatic carbocycles. The molecule has 0 aliphatic carbocycles.